The molecule has 2 N–H and O–H groups in total. The fourth-order valence-electron chi connectivity index (χ4n) is 3.44. The topological polar surface area (TPSA) is 65.7 Å². The molecule has 0 atom stereocenters. The highest BCUT2D eigenvalue weighted by Crippen LogP contribution is 2.26. The molecule has 5 nitrogen and oxygen atoms in total. The molecule has 11 heteroatoms. The van der Waals surface area contributed by atoms with E-state index in [4.69, 9.17) is 0 Å². The molecule has 0 fully saturated rings. The van der Waals surface area contributed by atoms with Crippen molar-refractivity contribution in [1.82, 2.24) is 14.9 Å². The Balaban J connectivity index is 1.77. The number of nitrogens with zero attached hydrogens (tertiary/aromatic N) is 3. The predicted octanol–water partition coefficient (Wildman–Crippen LogP) is 5.52. The lowest BCUT2D eigenvalue weighted by Gasteiger charge is -2.14. The molecule has 0 bridgehead atoms. The Morgan fingerprint density at radius 1 is 1.00 bits per heavy atom. The summed E-state index contributed by atoms with van der Waals surface area (Å²) in [7, 11) is 0. The molecule has 1 aromatic carbocycles. The summed E-state index contributed by atoms with van der Waals surface area (Å²) < 4.78 is 77.7. The van der Waals surface area contributed by atoms with Gasteiger partial charge < -0.3 is 15.2 Å². The van der Waals surface area contributed by atoms with Crippen molar-refractivity contribution in [1.29, 1.82) is 5.26 Å². The average molecular weight is 507 g/mol. The molecule has 0 aliphatic heterocycles. The van der Waals surface area contributed by atoms with E-state index in [-0.39, 0.29) is 24.3 Å². The highest BCUT2D eigenvalue weighted by Gasteiger charge is 2.30. The molecule has 3 aromatic rings. The van der Waals surface area contributed by atoms with Crippen molar-refractivity contribution in [3.05, 3.63) is 59.5 Å². The second-order valence-electron chi connectivity index (χ2n) is 8.67. The molecule has 0 aliphatic rings. The van der Waals surface area contributed by atoms with Gasteiger partial charge >= 0.3 is 12.4 Å². The third-order valence-corrected chi connectivity index (χ3v) is 5.24. The summed E-state index contributed by atoms with van der Waals surface area (Å²) in [4.78, 5) is 4.25. The fourth-order valence-corrected chi connectivity index (χ4v) is 3.44. The maximum atomic E-state index is 13.2. The Hall–Kier alpha value is -3.70. The standard InChI is InChI=1S/C25H23F6N5/c1-23(2,14-32)22-8-6-19(13-35-22)34-9-3-4-20-11-18-10-17(12-33-15-24(26,27)28)5-7-21(18)36(20)16-25(29,30)31/h5-8,10-11,13,33-34H,9,12,15-16H2,1-2H3. The van der Waals surface area contributed by atoms with E-state index in [2.05, 4.69) is 33.5 Å². The van der Waals surface area contributed by atoms with Crippen molar-refractivity contribution in [2.75, 3.05) is 18.4 Å². The van der Waals surface area contributed by atoms with Crippen LogP contribution in [0.3, 0.4) is 0 Å². The van der Waals surface area contributed by atoms with Crippen LogP contribution in [0.2, 0.25) is 0 Å². The van der Waals surface area contributed by atoms with Gasteiger partial charge in [0.05, 0.1) is 47.8 Å². The van der Waals surface area contributed by atoms with Gasteiger partial charge in [-0.1, -0.05) is 12.0 Å². The Kier molecular flexibility index (Phi) is 7.85. The number of halogens is 6. The van der Waals surface area contributed by atoms with Crippen LogP contribution in [-0.4, -0.2) is 35.0 Å². The van der Waals surface area contributed by atoms with Gasteiger partial charge in [-0.2, -0.15) is 31.6 Å². The largest absolute Gasteiger partial charge is 0.406 e. The number of hydrogen-bond donors (Lipinski definition) is 2. The van der Waals surface area contributed by atoms with Crippen molar-refractivity contribution >= 4 is 16.6 Å². The summed E-state index contributed by atoms with van der Waals surface area (Å²) in [5.41, 5.74) is 1.42. The molecule has 0 radical (unpaired) electrons. The van der Waals surface area contributed by atoms with Crippen LogP contribution < -0.4 is 10.6 Å². The Morgan fingerprint density at radius 2 is 1.75 bits per heavy atom. The van der Waals surface area contributed by atoms with E-state index in [1.807, 2.05) is 0 Å². The molecule has 2 aromatic heterocycles. The molecule has 0 saturated carbocycles. The number of aromatic nitrogens is 2. The average Bonchev–Trinajstić information content (AvgIpc) is 3.11. The van der Waals surface area contributed by atoms with Gasteiger partial charge in [0.25, 0.3) is 0 Å². The van der Waals surface area contributed by atoms with Crippen LogP contribution in [0.25, 0.3) is 10.9 Å². The Labute approximate surface area is 204 Å². The normalized spacial score (nSPS) is 12.2. The van der Waals surface area contributed by atoms with E-state index in [1.54, 1.807) is 38.2 Å². The minimum Gasteiger partial charge on any atom is -0.373 e. The molecule has 2 heterocycles. The number of nitriles is 1. The number of anilines is 1. The molecule has 190 valence electrons. The second kappa shape index (κ2) is 10.5. The molecule has 0 aliphatic carbocycles. The van der Waals surface area contributed by atoms with E-state index in [9.17, 15) is 31.6 Å². The van der Waals surface area contributed by atoms with Gasteiger partial charge in [-0.15, -0.1) is 0 Å². The maximum absolute atomic E-state index is 13.2. The number of rotatable bonds is 7. The first-order valence-corrected chi connectivity index (χ1v) is 10.8. The van der Waals surface area contributed by atoms with Crippen LogP contribution in [0.1, 0.15) is 30.8 Å². The number of pyridine rings is 1. The molecule has 0 unspecified atom stereocenters. The smallest absolute Gasteiger partial charge is 0.373 e. The Morgan fingerprint density at radius 3 is 2.36 bits per heavy atom. The summed E-state index contributed by atoms with van der Waals surface area (Å²) in [5.74, 6) is 5.54. The van der Waals surface area contributed by atoms with Gasteiger partial charge in [-0.05, 0) is 55.7 Å². The highest BCUT2D eigenvalue weighted by atomic mass is 19.4. The van der Waals surface area contributed by atoms with Crippen molar-refractivity contribution < 1.29 is 26.3 Å². The van der Waals surface area contributed by atoms with Gasteiger partial charge in [0.15, 0.2) is 0 Å². The Bertz CT molecular complexity index is 1300. The summed E-state index contributed by atoms with van der Waals surface area (Å²) in [6.07, 6.45) is -7.30. The van der Waals surface area contributed by atoms with Gasteiger partial charge in [0.2, 0.25) is 0 Å². The predicted molar refractivity (Wildman–Crippen MR) is 124 cm³/mol. The maximum Gasteiger partial charge on any atom is 0.406 e. The van der Waals surface area contributed by atoms with E-state index >= 15 is 0 Å². The summed E-state index contributed by atoms with van der Waals surface area (Å²) in [6.45, 7) is 1.12. The van der Waals surface area contributed by atoms with Gasteiger partial charge in [-0.3, -0.25) is 4.98 Å². The first kappa shape index (κ1) is 26.9. The van der Waals surface area contributed by atoms with Crippen LogP contribution in [0.4, 0.5) is 32.0 Å². The third kappa shape index (κ3) is 7.40. The number of fused-ring (bicyclic) bond motifs is 1. The summed E-state index contributed by atoms with van der Waals surface area (Å²) >= 11 is 0. The quantitative estimate of drug-likeness (QED) is 0.327. The van der Waals surface area contributed by atoms with Crippen molar-refractivity contribution in [3.63, 3.8) is 0 Å². The number of benzene rings is 1. The zero-order valence-corrected chi connectivity index (χ0v) is 19.5. The summed E-state index contributed by atoms with van der Waals surface area (Å²) in [5, 5.41) is 14.9. The van der Waals surface area contributed by atoms with E-state index in [1.165, 1.54) is 18.2 Å². The minimum absolute atomic E-state index is 0.0802. The zero-order valence-electron chi connectivity index (χ0n) is 19.5. The molecular formula is C25H23F6N5. The molecular weight excluding hydrogens is 484 g/mol. The van der Waals surface area contributed by atoms with Gasteiger partial charge in [0.1, 0.15) is 6.54 Å². The fraction of sp³-hybridized carbons (Fsp3) is 0.360. The van der Waals surface area contributed by atoms with Crippen LogP contribution in [0, 0.1) is 23.2 Å². The van der Waals surface area contributed by atoms with Crippen LogP contribution in [0.5, 0.6) is 0 Å². The third-order valence-electron chi connectivity index (χ3n) is 5.24. The highest BCUT2D eigenvalue weighted by molar-refractivity contribution is 5.83. The monoisotopic (exact) mass is 507 g/mol. The molecule has 0 saturated heterocycles. The minimum atomic E-state index is -4.49. The number of alkyl halides is 6. The van der Waals surface area contributed by atoms with E-state index in [0.29, 0.717) is 22.3 Å². The van der Waals surface area contributed by atoms with Crippen LogP contribution in [-0.2, 0) is 18.5 Å². The van der Waals surface area contributed by atoms with Gasteiger partial charge in [0, 0.05) is 17.4 Å². The lowest BCUT2D eigenvalue weighted by molar-refractivity contribution is -0.140. The first-order valence-electron chi connectivity index (χ1n) is 10.8. The van der Waals surface area contributed by atoms with Crippen molar-refractivity contribution in [2.24, 2.45) is 0 Å². The molecule has 0 amide bonds. The molecule has 36 heavy (non-hydrogen) atoms. The van der Waals surface area contributed by atoms with E-state index < -0.39 is 30.9 Å². The number of nitrogens with one attached hydrogen (secondary N) is 2. The zero-order chi connectivity index (χ0) is 26.6. The van der Waals surface area contributed by atoms with Crippen molar-refractivity contribution in [2.45, 2.75) is 44.7 Å². The second-order valence-corrected chi connectivity index (χ2v) is 8.67. The molecule has 3 rings (SSSR count). The van der Waals surface area contributed by atoms with E-state index in [0.717, 1.165) is 4.57 Å². The van der Waals surface area contributed by atoms with Gasteiger partial charge in [-0.25, -0.2) is 0 Å². The SMILES string of the molecule is CC(C)(C#N)c1ccc(NCC#Cc2cc3cc(CNCC(F)(F)F)ccc3n2CC(F)(F)F)cn1. The first-order chi connectivity index (χ1) is 16.8. The molecule has 0 spiro atoms. The lowest BCUT2D eigenvalue weighted by Crippen LogP contribution is -2.28. The van der Waals surface area contributed by atoms with Crippen LogP contribution >= 0.6 is 0 Å². The lowest BCUT2D eigenvalue weighted by atomic mass is 9.91. The number of hydrogen-bond acceptors (Lipinski definition) is 4. The van der Waals surface area contributed by atoms with Crippen LogP contribution in [0.15, 0.2) is 42.6 Å². The summed E-state index contributed by atoms with van der Waals surface area (Å²) in [6, 6.07) is 11.6. The van der Waals surface area contributed by atoms with Crippen molar-refractivity contribution in [3.8, 4) is 17.9 Å².